The first kappa shape index (κ1) is 22.7. The summed E-state index contributed by atoms with van der Waals surface area (Å²) >= 11 is 0. The van der Waals surface area contributed by atoms with E-state index in [4.69, 9.17) is 14.4 Å². The monoisotopic (exact) mass is 177 g/mol. The molecule has 0 heterocycles. The van der Waals surface area contributed by atoms with E-state index in [9.17, 15) is 4.53 Å². The molecule has 0 fully saturated rings. The normalized spacial score (nSPS) is 4.70. The maximum atomic E-state index is 10.1. The van der Waals surface area contributed by atoms with Crippen LogP contribution in [0.25, 0.3) is 0 Å². The summed E-state index contributed by atoms with van der Waals surface area (Å²) in [4.78, 5) is 17.0. The van der Waals surface area contributed by atoms with Gasteiger partial charge in [0, 0.05) is 9.09 Å². The summed E-state index contributed by atoms with van der Waals surface area (Å²) in [7, 11) is -2.87. The van der Waals surface area contributed by atoms with E-state index in [1.807, 2.05) is 0 Å². The van der Waals surface area contributed by atoms with Crippen molar-refractivity contribution in [2.45, 2.75) is 0 Å². The molecule has 0 amide bonds. The Bertz CT molecular complexity index is 77.7. The first-order chi connectivity index (χ1) is 3.65. The van der Waals surface area contributed by atoms with E-state index in [0.717, 1.165) is 0 Å². The molecule has 6 nitrogen and oxygen atoms in total. The Morgan fingerprint density at radius 1 is 1.50 bits per heavy atom. The summed E-state index contributed by atoms with van der Waals surface area (Å²) in [5.41, 5.74) is 0. The van der Waals surface area contributed by atoms with E-state index >= 15 is 0 Å². The lowest BCUT2D eigenvalue weighted by molar-refractivity contribution is -0.0611. The van der Waals surface area contributed by atoms with E-state index in [1.165, 1.54) is 0 Å². The minimum atomic E-state index is -2.87. The maximum absolute atomic E-state index is 10.1. The van der Waals surface area contributed by atoms with Gasteiger partial charge in [0.1, 0.15) is 6.26 Å². The Kier molecular flexibility index (Phi) is 54.0. The van der Waals surface area contributed by atoms with E-state index in [1.54, 1.807) is 0 Å². The van der Waals surface area contributed by atoms with Crippen LogP contribution in [0.5, 0.6) is 0 Å². The predicted molar refractivity (Wildman–Crippen MR) is 34.5 cm³/mol. The standard InChI is InChI=1S/C2H3FO.2H3N.HO3P/c1-2-4-3;;;1-4(2)3/h2H,1H2;2*1H3;(H-,1,2,3)/p+1. The lowest BCUT2D eigenvalue weighted by atomic mass is 11.2. The van der Waals surface area contributed by atoms with Gasteiger partial charge in [0.2, 0.25) is 0 Å². The molecule has 64 valence electrons. The summed E-state index contributed by atoms with van der Waals surface area (Å²) in [6, 6.07) is 0. The zero-order valence-corrected chi connectivity index (χ0v) is 6.13. The second kappa shape index (κ2) is 23.7. The predicted octanol–water partition coefficient (Wildman–Crippen LogP) is 0.983. The van der Waals surface area contributed by atoms with Crippen molar-refractivity contribution in [3.05, 3.63) is 12.8 Å². The average molecular weight is 177 g/mol. The van der Waals surface area contributed by atoms with Gasteiger partial charge in [0.15, 0.2) is 0 Å². The van der Waals surface area contributed by atoms with Crippen molar-refractivity contribution in [2.75, 3.05) is 0 Å². The van der Waals surface area contributed by atoms with Gasteiger partial charge in [-0.05, 0) is 0 Å². The zero-order valence-electron chi connectivity index (χ0n) is 5.23. The van der Waals surface area contributed by atoms with Crippen molar-refractivity contribution in [2.24, 2.45) is 0 Å². The summed E-state index contributed by atoms with van der Waals surface area (Å²) < 4.78 is 18.8. The van der Waals surface area contributed by atoms with Gasteiger partial charge in [-0.25, -0.2) is 0 Å². The van der Waals surface area contributed by atoms with Crippen LogP contribution in [0, 0.1) is 0 Å². The van der Waals surface area contributed by atoms with E-state index in [0.29, 0.717) is 6.26 Å². The van der Waals surface area contributed by atoms with Gasteiger partial charge in [-0.3, -0.25) is 0 Å². The van der Waals surface area contributed by atoms with Crippen molar-refractivity contribution >= 4 is 8.25 Å². The molecule has 0 aromatic rings. The molecular formula is C2H11FN2O4P+. The molecule has 0 atom stereocenters. The van der Waals surface area contributed by atoms with Gasteiger partial charge >= 0.3 is 8.25 Å². The van der Waals surface area contributed by atoms with Crippen molar-refractivity contribution in [1.82, 2.24) is 12.3 Å². The van der Waals surface area contributed by atoms with Crippen LogP contribution in [0.4, 0.5) is 4.53 Å². The fourth-order valence-corrected chi connectivity index (χ4v) is 0. The molecule has 0 saturated heterocycles. The van der Waals surface area contributed by atoms with Gasteiger partial charge in [-0.2, -0.15) is 0 Å². The van der Waals surface area contributed by atoms with Crippen LogP contribution in [0.1, 0.15) is 0 Å². The third kappa shape index (κ3) is 1810. The largest absolute Gasteiger partial charge is 0.692 e. The molecule has 0 radical (unpaired) electrons. The van der Waals surface area contributed by atoms with E-state index in [-0.39, 0.29) is 12.3 Å². The summed E-state index contributed by atoms with van der Waals surface area (Å²) in [5.74, 6) is 0. The quantitative estimate of drug-likeness (QED) is 0.348. The minimum absolute atomic E-state index is 0. The number of hydrogen-bond acceptors (Lipinski definition) is 4. The third-order valence-electron chi connectivity index (χ3n) is 0.0630. The van der Waals surface area contributed by atoms with Crippen molar-refractivity contribution < 1.29 is 23.8 Å². The third-order valence-corrected chi connectivity index (χ3v) is 0.0630. The SMILES string of the molecule is C=COF.N.N.O=[P+](O)O. The molecule has 0 aliphatic heterocycles. The van der Waals surface area contributed by atoms with Gasteiger partial charge in [-0.1, -0.05) is 6.58 Å². The van der Waals surface area contributed by atoms with Gasteiger partial charge in [0.05, 0.1) is 0 Å². The molecule has 0 spiro atoms. The molecule has 0 aromatic carbocycles. The van der Waals surface area contributed by atoms with Gasteiger partial charge < -0.3 is 17.2 Å². The summed E-state index contributed by atoms with van der Waals surface area (Å²) in [5, 5.41) is 0. The molecule has 0 aliphatic carbocycles. The molecule has 8 N–H and O–H groups in total. The van der Waals surface area contributed by atoms with Crippen LogP contribution in [0.15, 0.2) is 12.8 Å². The summed E-state index contributed by atoms with van der Waals surface area (Å²) in [6.07, 6.45) is 0.708. The molecule has 0 rings (SSSR count). The molecule has 10 heavy (non-hydrogen) atoms. The topological polar surface area (TPSA) is 137 Å². The number of hydrogen-bond donors (Lipinski definition) is 4. The molecule has 0 aromatic heterocycles. The van der Waals surface area contributed by atoms with Crippen molar-refractivity contribution in [3.8, 4) is 0 Å². The lowest BCUT2D eigenvalue weighted by Crippen LogP contribution is -1.41. The highest BCUT2D eigenvalue weighted by atomic mass is 31.1. The van der Waals surface area contributed by atoms with Gasteiger partial charge in [0.25, 0.3) is 0 Å². The Balaban J connectivity index is -0.0000000300. The molecule has 0 unspecified atom stereocenters. The Morgan fingerprint density at radius 3 is 1.60 bits per heavy atom. The molecule has 0 bridgehead atoms. The first-order valence-electron chi connectivity index (χ1n) is 1.38. The molecule has 0 saturated carbocycles. The number of rotatable bonds is 1. The fraction of sp³-hybridized carbons (Fsp3) is 0. The van der Waals surface area contributed by atoms with E-state index in [2.05, 4.69) is 11.5 Å². The van der Waals surface area contributed by atoms with Crippen LogP contribution in [-0.4, -0.2) is 9.79 Å². The summed E-state index contributed by atoms with van der Waals surface area (Å²) in [6.45, 7) is 2.88. The van der Waals surface area contributed by atoms with Crippen LogP contribution >= 0.6 is 8.25 Å². The second-order valence-electron chi connectivity index (χ2n) is 0.508. The Hall–Kier alpha value is -0.590. The molecular weight excluding hydrogens is 166 g/mol. The zero-order chi connectivity index (χ0) is 6.99. The lowest BCUT2D eigenvalue weighted by Gasteiger charge is -1.62. The highest BCUT2D eigenvalue weighted by Crippen LogP contribution is 1.98. The number of halogens is 1. The average Bonchev–Trinajstić information content (AvgIpc) is 1.65. The van der Waals surface area contributed by atoms with Crippen LogP contribution in [0.3, 0.4) is 0 Å². The smallest absolute Gasteiger partial charge is 0.344 e. The van der Waals surface area contributed by atoms with Crippen LogP contribution < -0.4 is 12.3 Å². The van der Waals surface area contributed by atoms with Crippen molar-refractivity contribution in [3.63, 3.8) is 0 Å². The highest BCUT2D eigenvalue weighted by Gasteiger charge is 1.93. The maximum Gasteiger partial charge on any atom is 0.692 e. The van der Waals surface area contributed by atoms with Crippen molar-refractivity contribution in [1.29, 1.82) is 0 Å². The second-order valence-corrected chi connectivity index (χ2v) is 1.01. The van der Waals surface area contributed by atoms with Crippen LogP contribution in [0.2, 0.25) is 0 Å². The minimum Gasteiger partial charge on any atom is -0.344 e. The molecule has 0 aliphatic rings. The van der Waals surface area contributed by atoms with Crippen LogP contribution in [-0.2, 0) is 9.51 Å². The fourth-order valence-electron chi connectivity index (χ4n) is 0. The van der Waals surface area contributed by atoms with E-state index < -0.39 is 8.25 Å². The molecule has 8 heteroatoms. The Labute approximate surface area is 58.3 Å². The Morgan fingerprint density at radius 2 is 1.60 bits per heavy atom. The highest BCUT2D eigenvalue weighted by molar-refractivity contribution is 7.30. The first-order valence-corrected chi connectivity index (χ1v) is 2.55. The van der Waals surface area contributed by atoms with Gasteiger partial charge in [-0.15, -0.1) is 9.79 Å².